The molecule has 0 bridgehead atoms. The molecule has 3 heterocycles. The second-order valence-corrected chi connectivity index (χ2v) is 9.71. The predicted molar refractivity (Wildman–Crippen MR) is 160 cm³/mol. The molecule has 4 aromatic carbocycles. The number of nitrogens with two attached hydrogens (primary N) is 1. The third kappa shape index (κ3) is 4.44. The summed E-state index contributed by atoms with van der Waals surface area (Å²) in [5.74, 6) is 1.27. The molecule has 0 unspecified atom stereocenters. The van der Waals surface area contributed by atoms with Crippen molar-refractivity contribution >= 4 is 50.5 Å². The fourth-order valence-corrected chi connectivity index (χ4v) is 5.26. The largest absolute Gasteiger partial charge is 0.383 e. The van der Waals surface area contributed by atoms with Crippen molar-refractivity contribution in [1.29, 1.82) is 0 Å². The minimum atomic E-state index is 0.465. The predicted octanol–water partition coefficient (Wildman–Crippen LogP) is 6.13. The van der Waals surface area contributed by atoms with Gasteiger partial charge in [0.1, 0.15) is 24.3 Å². The summed E-state index contributed by atoms with van der Waals surface area (Å²) in [5.41, 5.74) is 13.1. The molecule has 1 aliphatic heterocycles. The number of nitrogens with zero attached hydrogens (tertiary/aromatic N) is 6. The van der Waals surface area contributed by atoms with Gasteiger partial charge in [0.25, 0.3) is 0 Å². The van der Waals surface area contributed by atoms with Crippen LogP contribution in [0.15, 0.2) is 104 Å². The number of hydrogen-bond donors (Lipinski definition) is 1. The Hall–Kier alpha value is -5.08. The van der Waals surface area contributed by atoms with E-state index in [-0.39, 0.29) is 0 Å². The van der Waals surface area contributed by atoms with E-state index in [2.05, 4.69) is 79.3 Å². The first-order chi connectivity index (χ1) is 19.7. The van der Waals surface area contributed by atoms with Crippen molar-refractivity contribution in [2.75, 3.05) is 41.8 Å². The second-order valence-electron chi connectivity index (χ2n) is 9.71. The molecule has 0 saturated carbocycles. The number of ether oxygens (including phenoxy) is 1. The Morgan fingerprint density at radius 3 is 2.00 bits per heavy atom. The van der Waals surface area contributed by atoms with Crippen LogP contribution in [0, 0.1) is 0 Å². The number of nitrogen functional groups attached to an aromatic ring is 1. The molecule has 2 aromatic heterocycles. The molecule has 8 nitrogen and oxygen atoms in total. The van der Waals surface area contributed by atoms with Crippen molar-refractivity contribution in [3.8, 4) is 11.1 Å². The van der Waals surface area contributed by atoms with Gasteiger partial charge >= 0.3 is 0 Å². The first kappa shape index (κ1) is 24.0. The lowest BCUT2D eigenvalue weighted by Gasteiger charge is -2.30. The zero-order chi connectivity index (χ0) is 26.9. The molecule has 0 amide bonds. The summed E-state index contributed by atoms with van der Waals surface area (Å²) in [7, 11) is 0. The zero-order valence-corrected chi connectivity index (χ0v) is 21.8. The number of benzene rings is 4. The van der Waals surface area contributed by atoms with E-state index in [1.54, 1.807) is 6.33 Å². The van der Waals surface area contributed by atoms with Crippen molar-refractivity contribution in [3.63, 3.8) is 0 Å². The molecule has 2 N–H and O–H groups in total. The first-order valence-corrected chi connectivity index (χ1v) is 13.3. The average molecular weight is 526 g/mol. The van der Waals surface area contributed by atoms with Crippen LogP contribution >= 0.6 is 0 Å². The quantitative estimate of drug-likeness (QED) is 0.287. The minimum absolute atomic E-state index is 0.465. The van der Waals surface area contributed by atoms with E-state index in [9.17, 15) is 0 Å². The van der Waals surface area contributed by atoms with Crippen molar-refractivity contribution < 1.29 is 4.74 Å². The molecule has 0 radical (unpaired) electrons. The summed E-state index contributed by atoms with van der Waals surface area (Å²) >= 11 is 0. The van der Waals surface area contributed by atoms with Gasteiger partial charge in [-0.25, -0.2) is 19.9 Å². The first-order valence-electron chi connectivity index (χ1n) is 13.3. The van der Waals surface area contributed by atoms with Gasteiger partial charge in [-0.3, -0.25) is 4.90 Å². The molecule has 1 saturated heterocycles. The Morgan fingerprint density at radius 1 is 0.650 bits per heavy atom. The van der Waals surface area contributed by atoms with Gasteiger partial charge in [-0.1, -0.05) is 30.3 Å². The van der Waals surface area contributed by atoms with E-state index in [0.29, 0.717) is 5.82 Å². The standard InChI is InChI=1S/C32H27N7O/c33-31-27-18-22(6-12-29(27)34-20-36-31)23-7-13-30-28(19-23)32(37-21-35-30)39(25-4-2-1-3-5-25)26-10-8-24(9-11-26)38-14-16-40-17-15-38/h1-13,18-21H,14-17H2,(H2,33,34,36). The zero-order valence-electron chi connectivity index (χ0n) is 21.8. The fourth-order valence-electron chi connectivity index (χ4n) is 5.26. The Bertz CT molecular complexity index is 1800. The van der Waals surface area contributed by atoms with Crippen molar-refractivity contribution in [3.05, 3.63) is 104 Å². The number of para-hydroxylation sites is 1. The van der Waals surface area contributed by atoms with Crippen LogP contribution in [-0.4, -0.2) is 46.2 Å². The Balaban J connectivity index is 1.35. The van der Waals surface area contributed by atoms with Gasteiger partial charge in [-0.15, -0.1) is 0 Å². The third-order valence-electron chi connectivity index (χ3n) is 7.32. The highest BCUT2D eigenvalue weighted by molar-refractivity contribution is 5.98. The SMILES string of the molecule is Nc1ncnc2ccc(-c3ccc4ncnc(N(c5ccccc5)c5ccc(N6CCOCC6)cc5)c4c3)cc12. The van der Waals surface area contributed by atoms with Crippen LogP contribution in [0.1, 0.15) is 0 Å². The van der Waals surface area contributed by atoms with Crippen LogP contribution < -0.4 is 15.5 Å². The summed E-state index contributed by atoms with van der Waals surface area (Å²) in [5, 5.41) is 1.77. The van der Waals surface area contributed by atoms with E-state index < -0.39 is 0 Å². The molecule has 8 heteroatoms. The van der Waals surface area contributed by atoms with Crippen LogP contribution in [0.25, 0.3) is 32.9 Å². The Morgan fingerprint density at radius 2 is 1.27 bits per heavy atom. The average Bonchev–Trinajstić information content (AvgIpc) is 3.02. The van der Waals surface area contributed by atoms with Crippen LogP contribution in [0.4, 0.5) is 28.7 Å². The van der Waals surface area contributed by atoms with Gasteiger partial charge in [-0.05, 0) is 71.8 Å². The smallest absolute Gasteiger partial charge is 0.148 e. The number of fused-ring (bicyclic) bond motifs is 2. The van der Waals surface area contributed by atoms with Crippen LogP contribution in [-0.2, 0) is 4.74 Å². The van der Waals surface area contributed by atoms with Crippen molar-refractivity contribution in [2.24, 2.45) is 0 Å². The van der Waals surface area contributed by atoms with E-state index >= 15 is 0 Å². The second kappa shape index (κ2) is 10.2. The molecular weight excluding hydrogens is 498 g/mol. The molecule has 196 valence electrons. The van der Waals surface area contributed by atoms with Crippen LogP contribution in [0.5, 0.6) is 0 Å². The summed E-state index contributed by atoms with van der Waals surface area (Å²) in [6.07, 6.45) is 3.12. The molecule has 6 aromatic rings. The van der Waals surface area contributed by atoms with Gasteiger partial charge in [0.2, 0.25) is 0 Å². The maximum atomic E-state index is 6.16. The monoisotopic (exact) mass is 525 g/mol. The lowest BCUT2D eigenvalue weighted by Crippen LogP contribution is -2.36. The van der Waals surface area contributed by atoms with Gasteiger partial charge in [0.05, 0.1) is 24.2 Å². The normalized spacial score (nSPS) is 13.6. The lowest BCUT2D eigenvalue weighted by atomic mass is 10.0. The Labute approximate surface area is 231 Å². The van der Waals surface area contributed by atoms with E-state index in [4.69, 9.17) is 15.5 Å². The number of rotatable bonds is 5. The molecule has 7 rings (SSSR count). The number of anilines is 5. The molecule has 1 fully saturated rings. The van der Waals surface area contributed by atoms with Crippen LogP contribution in [0.2, 0.25) is 0 Å². The maximum absolute atomic E-state index is 6.16. The fraction of sp³-hybridized carbons (Fsp3) is 0.125. The summed E-state index contributed by atoms with van der Waals surface area (Å²) in [6, 6.07) is 31.3. The van der Waals surface area contributed by atoms with Gasteiger partial charge in [0.15, 0.2) is 0 Å². The molecule has 0 spiro atoms. The number of morpholine rings is 1. The van der Waals surface area contributed by atoms with Crippen molar-refractivity contribution in [1.82, 2.24) is 19.9 Å². The number of hydrogen-bond acceptors (Lipinski definition) is 8. The highest BCUT2D eigenvalue weighted by Gasteiger charge is 2.19. The molecule has 0 aliphatic carbocycles. The minimum Gasteiger partial charge on any atom is -0.383 e. The molecule has 1 aliphatic rings. The summed E-state index contributed by atoms with van der Waals surface area (Å²) in [4.78, 5) is 22.5. The van der Waals surface area contributed by atoms with Crippen LogP contribution in [0.3, 0.4) is 0 Å². The van der Waals surface area contributed by atoms with E-state index in [1.807, 2.05) is 36.4 Å². The Kier molecular flexibility index (Phi) is 6.14. The van der Waals surface area contributed by atoms with Gasteiger partial charge in [0, 0.05) is 40.9 Å². The van der Waals surface area contributed by atoms with Gasteiger partial charge in [-0.2, -0.15) is 0 Å². The highest BCUT2D eigenvalue weighted by atomic mass is 16.5. The lowest BCUT2D eigenvalue weighted by molar-refractivity contribution is 0.122. The topological polar surface area (TPSA) is 93.3 Å². The maximum Gasteiger partial charge on any atom is 0.148 e. The highest BCUT2D eigenvalue weighted by Crippen LogP contribution is 2.39. The van der Waals surface area contributed by atoms with Gasteiger partial charge < -0.3 is 15.4 Å². The summed E-state index contributed by atoms with van der Waals surface area (Å²) in [6.45, 7) is 3.30. The molecule has 0 atom stereocenters. The summed E-state index contributed by atoms with van der Waals surface area (Å²) < 4.78 is 5.53. The number of aromatic nitrogens is 4. The van der Waals surface area contributed by atoms with E-state index in [0.717, 1.165) is 76.4 Å². The molecule has 40 heavy (non-hydrogen) atoms. The third-order valence-corrected chi connectivity index (χ3v) is 7.32. The van der Waals surface area contributed by atoms with Crippen molar-refractivity contribution in [2.45, 2.75) is 0 Å². The van der Waals surface area contributed by atoms with E-state index in [1.165, 1.54) is 12.0 Å². The molecular formula is C32H27N7O.